The minimum absolute atomic E-state index is 0. The molecule has 0 aromatic rings. The smallest absolute Gasteiger partial charge is 0.186 e. The van der Waals surface area contributed by atoms with Gasteiger partial charge in [0.05, 0.1) is 17.0 Å². The summed E-state index contributed by atoms with van der Waals surface area (Å²) in [7, 11) is -8.30. The molecule has 3 aliphatic rings. The van der Waals surface area contributed by atoms with Crippen LogP contribution >= 0.6 is 7.49 Å². The van der Waals surface area contributed by atoms with Gasteiger partial charge in [-0.2, -0.15) is 21.6 Å². The summed E-state index contributed by atoms with van der Waals surface area (Å²) in [5, 5.41) is 0. The Labute approximate surface area is 182 Å². The van der Waals surface area contributed by atoms with Crippen LogP contribution in [0.2, 0.25) is 0 Å². The second-order valence-electron chi connectivity index (χ2n) is 8.61. The first-order chi connectivity index (χ1) is 12.8. The van der Waals surface area contributed by atoms with Gasteiger partial charge in [0, 0.05) is 21.1 Å². The fraction of sp³-hybridized carbons (Fsp3) is 1.00. The molecule has 0 saturated heterocycles. The van der Waals surface area contributed by atoms with Crippen LogP contribution in [0.5, 0.6) is 0 Å². The van der Waals surface area contributed by atoms with Gasteiger partial charge in [-0.1, -0.05) is 19.3 Å². The van der Waals surface area contributed by atoms with Crippen molar-refractivity contribution >= 4 is 17.6 Å². The molecule has 3 aliphatic carbocycles. The van der Waals surface area contributed by atoms with E-state index in [9.17, 15) is 21.6 Å². The standard InChI is InChI=1S/C19H33F3O3PS.Pt/c20-19(21,22)27(23,24)25-26(16-10-4-1-5-11-16,17-12-6-2-7-13-17)18-14-8-3-9-15-18;/h16-18H,1-15H2;/q+1;. The van der Waals surface area contributed by atoms with Crippen LogP contribution in [0.25, 0.3) is 0 Å². The van der Waals surface area contributed by atoms with E-state index in [0.29, 0.717) is 0 Å². The van der Waals surface area contributed by atoms with Gasteiger partial charge in [0.25, 0.3) is 0 Å². The molecule has 0 aromatic carbocycles. The summed E-state index contributed by atoms with van der Waals surface area (Å²) in [6, 6.07) is 0. The monoisotopic (exact) mass is 624 g/mol. The van der Waals surface area contributed by atoms with E-state index >= 15 is 0 Å². The van der Waals surface area contributed by atoms with E-state index < -0.39 is 23.1 Å². The third-order valence-electron chi connectivity index (χ3n) is 6.95. The summed E-state index contributed by atoms with van der Waals surface area (Å²) < 4.78 is 70.2. The van der Waals surface area contributed by atoms with Crippen molar-refractivity contribution in [2.24, 2.45) is 0 Å². The van der Waals surface area contributed by atoms with Gasteiger partial charge >= 0.3 is 15.6 Å². The maximum absolute atomic E-state index is 13.4. The molecule has 3 rings (SSSR count). The molecule has 0 spiro atoms. The summed E-state index contributed by atoms with van der Waals surface area (Å²) in [4.78, 5) is 0. The van der Waals surface area contributed by atoms with E-state index in [1.54, 1.807) is 0 Å². The predicted molar refractivity (Wildman–Crippen MR) is 104 cm³/mol. The Bertz CT molecular complexity index is 536. The molecule has 0 unspecified atom stereocenters. The summed E-state index contributed by atoms with van der Waals surface area (Å²) in [6.45, 7) is 0. The number of alkyl halides is 3. The number of hydrogen-bond donors (Lipinski definition) is 0. The Morgan fingerprint density at radius 2 is 0.929 bits per heavy atom. The summed E-state index contributed by atoms with van der Waals surface area (Å²) in [6.07, 6.45) is 14.3. The largest absolute Gasteiger partial charge is 0.526 e. The molecule has 3 nitrogen and oxygen atoms in total. The van der Waals surface area contributed by atoms with E-state index in [0.717, 1.165) is 96.3 Å². The third kappa shape index (κ3) is 5.35. The second-order valence-corrected chi connectivity index (χ2v) is 14.3. The molecule has 28 heavy (non-hydrogen) atoms. The first-order valence-corrected chi connectivity index (χ1v) is 14.0. The maximum Gasteiger partial charge on any atom is 0.526 e. The molecule has 0 N–H and O–H groups in total. The molecule has 3 fully saturated rings. The number of hydrogen-bond acceptors (Lipinski definition) is 3. The Balaban J connectivity index is 0.00000280. The van der Waals surface area contributed by atoms with Crippen LogP contribution in [0, 0.1) is 0 Å². The van der Waals surface area contributed by atoms with Crippen LogP contribution in [-0.4, -0.2) is 30.9 Å². The fourth-order valence-electron chi connectivity index (χ4n) is 5.74. The summed E-state index contributed by atoms with van der Waals surface area (Å²) in [5.41, 5.74) is -5.21. The van der Waals surface area contributed by atoms with Crippen molar-refractivity contribution in [2.75, 3.05) is 0 Å². The van der Waals surface area contributed by atoms with Crippen molar-refractivity contribution in [2.45, 2.75) is 119 Å². The maximum atomic E-state index is 13.4. The first kappa shape index (κ1) is 25.1. The molecular formula is C19H33F3O3PPtS+. The summed E-state index contributed by atoms with van der Waals surface area (Å²) in [5.74, 6) is 0. The molecule has 0 aromatic heterocycles. The van der Waals surface area contributed by atoms with E-state index in [-0.39, 0.29) is 38.0 Å². The molecule has 0 amide bonds. The minimum Gasteiger partial charge on any atom is -0.186 e. The van der Waals surface area contributed by atoms with Gasteiger partial charge in [-0.05, 0) is 77.0 Å². The summed E-state index contributed by atoms with van der Waals surface area (Å²) >= 11 is 0. The van der Waals surface area contributed by atoms with Crippen molar-refractivity contribution in [3.05, 3.63) is 0 Å². The van der Waals surface area contributed by atoms with Crippen molar-refractivity contribution in [1.29, 1.82) is 0 Å². The zero-order chi connectivity index (χ0) is 19.5. The van der Waals surface area contributed by atoms with Gasteiger partial charge < -0.3 is 0 Å². The number of rotatable bonds is 5. The Morgan fingerprint density at radius 1 is 0.643 bits per heavy atom. The Kier molecular flexibility index (Phi) is 9.33. The fourth-order valence-corrected chi connectivity index (χ4v) is 14.2. The first-order valence-electron chi connectivity index (χ1n) is 10.7. The van der Waals surface area contributed by atoms with Crippen LogP contribution in [0.15, 0.2) is 0 Å². The second kappa shape index (κ2) is 10.4. The van der Waals surface area contributed by atoms with E-state index in [1.165, 1.54) is 0 Å². The quantitative estimate of drug-likeness (QED) is 0.250. The third-order valence-corrected chi connectivity index (χ3v) is 14.3. The molecular weight excluding hydrogens is 591 g/mol. The molecule has 0 heterocycles. The zero-order valence-corrected chi connectivity index (χ0v) is 20.4. The van der Waals surface area contributed by atoms with Crippen LogP contribution in [0.4, 0.5) is 13.2 Å². The van der Waals surface area contributed by atoms with Gasteiger partial charge in [0.1, 0.15) is 0 Å². The molecule has 0 atom stereocenters. The van der Waals surface area contributed by atoms with Crippen LogP contribution in [0.1, 0.15) is 96.3 Å². The van der Waals surface area contributed by atoms with E-state index in [2.05, 4.69) is 0 Å². The van der Waals surface area contributed by atoms with Gasteiger partial charge in [-0.25, -0.2) is 0 Å². The van der Waals surface area contributed by atoms with Crippen LogP contribution < -0.4 is 0 Å². The average molecular weight is 625 g/mol. The van der Waals surface area contributed by atoms with Gasteiger partial charge in [-0.3, -0.25) is 0 Å². The minimum atomic E-state index is -5.55. The Morgan fingerprint density at radius 3 is 1.18 bits per heavy atom. The van der Waals surface area contributed by atoms with Gasteiger partial charge in [-0.15, -0.1) is 3.97 Å². The van der Waals surface area contributed by atoms with Crippen LogP contribution in [0.3, 0.4) is 0 Å². The molecule has 9 heteroatoms. The van der Waals surface area contributed by atoms with Crippen molar-refractivity contribution in [3.8, 4) is 0 Å². The zero-order valence-electron chi connectivity index (χ0n) is 16.4. The average Bonchev–Trinajstić information content (AvgIpc) is 2.67. The van der Waals surface area contributed by atoms with Gasteiger partial charge in [0.15, 0.2) is 7.49 Å². The van der Waals surface area contributed by atoms with Crippen molar-refractivity contribution in [1.82, 2.24) is 0 Å². The molecule has 3 saturated carbocycles. The van der Waals surface area contributed by atoms with Crippen molar-refractivity contribution in [3.63, 3.8) is 0 Å². The molecule has 168 valence electrons. The van der Waals surface area contributed by atoms with Crippen molar-refractivity contribution < 1.29 is 46.6 Å². The topological polar surface area (TPSA) is 43.4 Å². The molecule has 0 aliphatic heterocycles. The van der Waals surface area contributed by atoms with Crippen LogP contribution in [-0.2, 0) is 35.2 Å². The Hall–Kier alpha value is 0.818. The van der Waals surface area contributed by atoms with E-state index in [1.807, 2.05) is 0 Å². The number of halogens is 3. The predicted octanol–water partition coefficient (Wildman–Crippen LogP) is 6.78. The molecule has 0 radical (unpaired) electrons. The molecule has 0 bridgehead atoms. The van der Waals surface area contributed by atoms with Gasteiger partial charge in [0.2, 0.25) is 0 Å². The van der Waals surface area contributed by atoms with E-state index in [4.69, 9.17) is 3.97 Å². The normalized spacial score (nSPS) is 24.7. The SMILES string of the molecule is O=S(=O)(O[P+](C1CCCCC1)(C1CCCCC1)C1CCCCC1)C(F)(F)F.[Pt].